The van der Waals surface area contributed by atoms with Crippen molar-refractivity contribution < 1.29 is 9.47 Å². The summed E-state index contributed by atoms with van der Waals surface area (Å²) in [5.41, 5.74) is 2.84. The van der Waals surface area contributed by atoms with E-state index >= 15 is 0 Å². The number of nitrogens with zero attached hydrogens (tertiary/aromatic N) is 2. The van der Waals surface area contributed by atoms with Gasteiger partial charge >= 0.3 is 0 Å². The second-order valence-corrected chi connectivity index (χ2v) is 5.18. The van der Waals surface area contributed by atoms with Gasteiger partial charge in [0.1, 0.15) is 18.5 Å². The van der Waals surface area contributed by atoms with Crippen molar-refractivity contribution in [2.75, 3.05) is 6.61 Å². The summed E-state index contributed by atoms with van der Waals surface area (Å²) in [6, 6.07) is 7.69. The van der Waals surface area contributed by atoms with Gasteiger partial charge in [-0.2, -0.15) is 0 Å². The van der Waals surface area contributed by atoms with Gasteiger partial charge in [0.15, 0.2) is 11.5 Å². The fraction of sp³-hybridized carbons (Fsp3) is 0.400. The van der Waals surface area contributed by atoms with Gasteiger partial charge in [-0.25, -0.2) is 4.98 Å². The van der Waals surface area contributed by atoms with Gasteiger partial charge < -0.3 is 14.0 Å². The Bertz CT molecular complexity index is 599. The highest BCUT2D eigenvalue weighted by molar-refractivity contribution is 5.40. The van der Waals surface area contributed by atoms with E-state index in [4.69, 9.17) is 15.3 Å². The van der Waals surface area contributed by atoms with E-state index in [0.717, 1.165) is 30.2 Å². The minimum atomic E-state index is -0.106. The largest absolute Gasteiger partial charge is 0.486 e. The van der Waals surface area contributed by atoms with E-state index in [1.807, 2.05) is 42.1 Å². The lowest BCUT2D eigenvalue weighted by Gasteiger charge is -2.31. The lowest BCUT2D eigenvalue weighted by atomic mass is 10.1. The number of fused-ring (bicyclic) bond motifs is 1. The number of rotatable bonds is 5. The molecule has 2 aromatic rings. The Morgan fingerprint density at radius 1 is 1.43 bits per heavy atom. The lowest BCUT2D eigenvalue weighted by molar-refractivity contribution is 0.0594. The third-order valence-corrected chi connectivity index (χ3v) is 3.79. The van der Waals surface area contributed by atoms with Crippen LogP contribution < -0.4 is 20.7 Å². The number of nitrogens with two attached hydrogens (primary N) is 1. The Morgan fingerprint density at radius 2 is 2.24 bits per heavy atom. The molecule has 0 radical (unpaired) electrons. The molecule has 1 aromatic heterocycles. The van der Waals surface area contributed by atoms with Gasteiger partial charge in [0.2, 0.25) is 0 Å². The van der Waals surface area contributed by atoms with Gasteiger partial charge in [0.25, 0.3) is 0 Å². The molecule has 6 heteroatoms. The van der Waals surface area contributed by atoms with Crippen molar-refractivity contribution >= 4 is 0 Å². The summed E-state index contributed by atoms with van der Waals surface area (Å²) in [6.07, 6.45) is 5.30. The Kier molecular flexibility index (Phi) is 4.08. The Hall–Kier alpha value is -2.05. The second-order valence-electron chi connectivity index (χ2n) is 5.18. The molecular weight excluding hydrogens is 268 g/mol. The molecule has 2 atom stereocenters. The molecular formula is C15H20N4O2. The van der Waals surface area contributed by atoms with Gasteiger partial charge in [-0.1, -0.05) is 12.1 Å². The summed E-state index contributed by atoms with van der Waals surface area (Å²) >= 11 is 0. The number of imidazole rings is 1. The summed E-state index contributed by atoms with van der Waals surface area (Å²) in [6.45, 7) is 0.493. The highest BCUT2D eigenvalue weighted by Gasteiger charge is 2.28. The van der Waals surface area contributed by atoms with Crippen LogP contribution in [-0.2, 0) is 13.5 Å². The first-order valence-corrected chi connectivity index (χ1v) is 7.08. The van der Waals surface area contributed by atoms with Gasteiger partial charge in [-0.05, 0) is 18.6 Å². The van der Waals surface area contributed by atoms with Crippen LogP contribution in [-0.4, -0.2) is 28.3 Å². The lowest BCUT2D eigenvalue weighted by Crippen LogP contribution is -2.50. The van der Waals surface area contributed by atoms with Crippen molar-refractivity contribution in [3.05, 3.63) is 42.5 Å². The highest BCUT2D eigenvalue weighted by Crippen LogP contribution is 2.31. The minimum Gasteiger partial charge on any atom is -0.486 e. The summed E-state index contributed by atoms with van der Waals surface area (Å²) < 4.78 is 13.7. The first-order chi connectivity index (χ1) is 10.3. The third kappa shape index (κ3) is 3.01. The summed E-state index contributed by atoms with van der Waals surface area (Å²) in [4.78, 5) is 4.33. The van der Waals surface area contributed by atoms with Gasteiger partial charge in [0, 0.05) is 25.9 Å². The number of hydrazine groups is 1. The molecule has 112 valence electrons. The first kappa shape index (κ1) is 13.9. The van der Waals surface area contributed by atoms with Crippen LogP contribution in [0.2, 0.25) is 0 Å². The van der Waals surface area contributed by atoms with E-state index in [1.165, 1.54) is 0 Å². The van der Waals surface area contributed by atoms with Gasteiger partial charge in [-0.3, -0.25) is 11.3 Å². The molecule has 3 rings (SSSR count). The predicted molar refractivity (Wildman–Crippen MR) is 79.0 cm³/mol. The van der Waals surface area contributed by atoms with E-state index in [1.54, 1.807) is 6.20 Å². The molecule has 0 aliphatic carbocycles. The molecule has 3 N–H and O–H groups in total. The maximum absolute atomic E-state index is 5.99. The maximum atomic E-state index is 5.99. The molecule has 21 heavy (non-hydrogen) atoms. The van der Waals surface area contributed by atoms with Crippen LogP contribution >= 0.6 is 0 Å². The Balaban J connectivity index is 1.63. The number of aryl methyl sites for hydroxylation is 2. The molecule has 0 amide bonds. The van der Waals surface area contributed by atoms with Crippen LogP contribution in [0, 0.1) is 0 Å². The number of benzene rings is 1. The molecule has 0 saturated carbocycles. The zero-order chi connectivity index (χ0) is 14.7. The van der Waals surface area contributed by atoms with Gasteiger partial charge in [-0.15, -0.1) is 0 Å². The smallest absolute Gasteiger partial charge is 0.161 e. The first-order valence-electron chi connectivity index (χ1n) is 7.08. The van der Waals surface area contributed by atoms with E-state index in [2.05, 4.69) is 10.4 Å². The zero-order valence-corrected chi connectivity index (χ0v) is 12.0. The monoisotopic (exact) mass is 288 g/mol. The fourth-order valence-corrected chi connectivity index (χ4v) is 2.53. The average molecular weight is 288 g/mol. The van der Waals surface area contributed by atoms with E-state index in [9.17, 15) is 0 Å². The normalized spacial score (nSPS) is 18.5. The molecule has 0 bridgehead atoms. The third-order valence-electron chi connectivity index (χ3n) is 3.79. The van der Waals surface area contributed by atoms with Crippen LogP contribution in [0.5, 0.6) is 11.5 Å². The molecule has 2 heterocycles. The van der Waals surface area contributed by atoms with Crippen LogP contribution in [0.1, 0.15) is 12.2 Å². The fourth-order valence-electron chi connectivity index (χ4n) is 2.53. The van der Waals surface area contributed by atoms with E-state index in [-0.39, 0.29) is 12.1 Å². The molecule has 1 aliphatic rings. The van der Waals surface area contributed by atoms with Crippen LogP contribution in [0.15, 0.2) is 36.7 Å². The molecule has 0 spiro atoms. The summed E-state index contributed by atoms with van der Waals surface area (Å²) in [7, 11) is 1.99. The molecule has 6 nitrogen and oxygen atoms in total. The van der Waals surface area contributed by atoms with Gasteiger partial charge in [0.05, 0.1) is 6.04 Å². The number of nitrogens with one attached hydrogen (secondary N) is 1. The SMILES string of the molecule is Cn1ccnc1CCC(NN)C1COc2ccccc2O1. The molecule has 1 aromatic carbocycles. The quantitative estimate of drug-likeness (QED) is 0.635. The van der Waals surface area contributed by atoms with Crippen molar-refractivity contribution in [1.29, 1.82) is 0 Å². The molecule has 1 aliphatic heterocycles. The van der Waals surface area contributed by atoms with Crippen molar-refractivity contribution in [2.24, 2.45) is 12.9 Å². The van der Waals surface area contributed by atoms with E-state index < -0.39 is 0 Å². The summed E-state index contributed by atoms with van der Waals surface area (Å²) in [5, 5.41) is 0. The number of hydrogen-bond donors (Lipinski definition) is 2. The summed E-state index contributed by atoms with van der Waals surface area (Å²) in [5.74, 6) is 8.28. The van der Waals surface area contributed by atoms with Crippen molar-refractivity contribution in [3.8, 4) is 11.5 Å². The standard InChI is InChI=1S/C15H20N4O2/c1-19-9-8-17-15(19)7-6-11(18-16)14-10-20-12-4-2-3-5-13(12)21-14/h2-5,8-9,11,14,18H,6-7,10,16H2,1H3. The number of hydrogen-bond acceptors (Lipinski definition) is 5. The second kappa shape index (κ2) is 6.15. The highest BCUT2D eigenvalue weighted by atomic mass is 16.6. The Labute approximate surface area is 123 Å². The maximum Gasteiger partial charge on any atom is 0.161 e. The molecule has 2 unspecified atom stereocenters. The van der Waals surface area contributed by atoms with Crippen LogP contribution in [0.3, 0.4) is 0 Å². The van der Waals surface area contributed by atoms with Crippen LogP contribution in [0.4, 0.5) is 0 Å². The van der Waals surface area contributed by atoms with E-state index in [0.29, 0.717) is 6.61 Å². The Morgan fingerprint density at radius 3 is 2.95 bits per heavy atom. The average Bonchev–Trinajstić information content (AvgIpc) is 2.93. The number of aromatic nitrogens is 2. The number of ether oxygens (including phenoxy) is 2. The number of para-hydroxylation sites is 2. The van der Waals surface area contributed by atoms with Crippen molar-refractivity contribution in [3.63, 3.8) is 0 Å². The predicted octanol–water partition coefficient (Wildman–Crippen LogP) is 1.02. The minimum absolute atomic E-state index is 0.00931. The van der Waals surface area contributed by atoms with Crippen LogP contribution in [0.25, 0.3) is 0 Å². The molecule has 0 fully saturated rings. The molecule has 0 saturated heterocycles. The topological polar surface area (TPSA) is 74.3 Å². The zero-order valence-electron chi connectivity index (χ0n) is 12.0. The van der Waals surface area contributed by atoms with Crippen molar-refractivity contribution in [1.82, 2.24) is 15.0 Å². The van der Waals surface area contributed by atoms with Crippen molar-refractivity contribution in [2.45, 2.75) is 25.0 Å².